The fourth-order valence-corrected chi connectivity index (χ4v) is 3.64. The molecule has 2 nitrogen and oxygen atoms in total. The average Bonchev–Trinajstić information content (AvgIpc) is 2.53. The van der Waals surface area contributed by atoms with Gasteiger partial charge in [-0.25, -0.2) is 0 Å². The maximum absolute atomic E-state index is 10.4. The summed E-state index contributed by atoms with van der Waals surface area (Å²) < 4.78 is 0. The Bertz CT molecular complexity index is 260. The molecular weight excluding hydrogens is 329 g/mol. The van der Waals surface area contributed by atoms with Gasteiger partial charge in [-0.3, -0.25) is 4.79 Å². The van der Waals surface area contributed by atoms with E-state index in [2.05, 4.69) is 6.92 Å². The number of carbonyl (C=O) groups is 1. The summed E-state index contributed by atoms with van der Waals surface area (Å²) in [5.41, 5.74) is 0. The first kappa shape index (κ1) is 26.8. The largest absolute Gasteiger partial charge is 2.00 e. The summed E-state index contributed by atoms with van der Waals surface area (Å²) in [7, 11) is 0. The monoisotopic (exact) mass is 370 g/mol. The van der Waals surface area contributed by atoms with E-state index < -0.39 is 5.97 Å². The molecule has 0 aromatic heterocycles. The van der Waals surface area contributed by atoms with E-state index in [1.54, 1.807) is 11.8 Å². The van der Waals surface area contributed by atoms with Crippen LogP contribution in [0.15, 0.2) is 0 Å². The van der Waals surface area contributed by atoms with Crippen LogP contribution in [0.1, 0.15) is 113 Å². The molecule has 24 heavy (non-hydrogen) atoms. The predicted octanol–water partition coefficient (Wildman–Crippen LogP) is 6.91. The molecule has 0 spiro atoms. The molecule has 1 N–H and O–H groups in total. The van der Waals surface area contributed by atoms with Crippen molar-refractivity contribution in [2.45, 2.75) is 110 Å². The van der Waals surface area contributed by atoms with Gasteiger partial charge in [-0.1, -0.05) is 103 Å². The van der Waals surface area contributed by atoms with Crippen LogP contribution in [0.25, 0.3) is 0 Å². The van der Waals surface area contributed by atoms with E-state index in [1.165, 1.54) is 103 Å². The number of aliphatic carboxylic acids is 1. The summed E-state index contributed by atoms with van der Waals surface area (Å²) in [6.07, 6.45) is 22.2. The van der Waals surface area contributed by atoms with Crippen molar-refractivity contribution >= 4 is 40.8 Å². The summed E-state index contributed by atoms with van der Waals surface area (Å²) in [4.78, 5) is 10.4. The second kappa shape index (κ2) is 23.6. The molecule has 0 saturated heterocycles. The number of thioether (sulfide) groups is 1. The average molecular weight is 371 g/mol. The fraction of sp³-hybridized carbons (Fsp3) is 0.950. The molecule has 142 valence electrons. The fourth-order valence-electron chi connectivity index (χ4n) is 2.91. The van der Waals surface area contributed by atoms with E-state index in [1.807, 2.05) is 0 Å². The number of hydrogen-bond donors (Lipinski definition) is 1. The van der Waals surface area contributed by atoms with Crippen molar-refractivity contribution in [2.75, 3.05) is 11.5 Å². The van der Waals surface area contributed by atoms with Crippen molar-refractivity contribution in [3.8, 4) is 0 Å². The van der Waals surface area contributed by atoms with Gasteiger partial charge in [0.25, 0.3) is 0 Å². The molecule has 0 aliphatic rings. The van der Waals surface area contributed by atoms with Crippen LogP contribution >= 0.6 is 11.8 Å². The molecule has 0 heterocycles. The third kappa shape index (κ3) is 24.8. The Labute approximate surface area is 174 Å². The summed E-state index contributed by atoms with van der Waals surface area (Å²) in [6.45, 7) is 2.28. The first-order valence-corrected chi connectivity index (χ1v) is 11.2. The van der Waals surface area contributed by atoms with E-state index in [0.717, 1.165) is 5.75 Å². The van der Waals surface area contributed by atoms with Gasteiger partial charge in [0, 0.05) is 0 Å². The third-order valence-corrected chi connectivity index (χ3v) is 5.40. The van der Waals surface area contributed by atoms with Crippen LogP contribution in [-0.2, 0) is 4.79 Å². The second-order valence-electron chi connectivity index (χ2n) is 6.75. The van der Waals surface area contributed by atoms with Crippen LogP contribution in [0.2, 0.25) is 0 Å². The maximum atomic E-state index is 10.4. The molecule has 0 aliphatic carbocycles. The minimum Gasteiger partial charge on any atom is -1.00 e. The van der Waals surface area contributed by atoms with E-state index >= 15 is 0 Å². The molecule has 0 aromatic rings. The molecule has 0 atom stereocenters. The number of carboxylic acid groups (broad SMARTS) is 1. The SMILES string of the molecule is CCCCCCCCCCCCCCCCCCSCC(=O)O.[H-].[H-].[Mg+2]. The number of unbranched alkanes of at least 4 members (excludes halogenated alkanes) is 15. The van der Waals surface area contributed by atoms with Gasteiger partial charge in [0.2, 0.25) is 0 Å². The molecule has 4 heteroatoms. The second-order valence-corrected chi connectivity index (χ2v) is 7.85. The van der Waals surface area contributed by atoms with Crippen molar-refractivity contribution in [3.63, 3.8) is 0 Å². The van der Waals surface area contributed by atoms with Crippen molar-refractivity contribution < 1.29 is 12.8 Å². The molecule has 0 amide bonds. The Morgan fingerprint density at radius 2 is 1.04 bits per heavy atom. The molecule has 0 radical (unpaired) electrons. The topological polar surface area (TPSA) is 37.3 Å². The molecule has 0 rings (SSSR count). The molecule has 0 unspecified atom stereocenters. The number of hydrogen-bond acceptors (Lipinski definition) is 2. The van der Waals surface area contributed by atoms with E-state index in [-0.39, 0.29) is 31.7 Å². The first-order chi connectivity index (χ1) is 11.3. The van der Waals surface area contributed by atoms with Crippen LogP contribution in [0.3, 0.4) is 0 Å². The maximum Gasteiger partial charge on any atom is 2.00 e. The minimum atomic E-state index is -0.688. The Morgan fingerprint density at radius 3 is 1.38 bits per heavy atom. The Kier molecular flexibility index (Phi) is 26.3. The summed E-state index contributed by atoms with van der Waals surface area (Å²) >= 11 is 1.55. The molecule has 0 aliphatic heterocycles. The Hall–Kier alpha value is 0.586. The van der Waals surface area contributed by atoms with Crippen molar-refractivity contribution in [3.05, 3.63) is 0 Å². The molecular formula is C20H42MgO2S. The van der Waals surface area contributed by atoms with Crippen LogP contribution in [0.4, 0.5) is 0 Å². The van der Waals surface area contributed by atoms with Crippen molar-refractivity contribution in [2.24, 2.45) is 0 Å². The van der Waals surface area contributed by atoms with Crippen molar-refractivity contribution in [1.29, 1.82) is 0 Å². The van der Waals surface area contributed by atoms with E-state index in [4.69, 9.17) is 5.11 Å². The van der Waals surface area contributed by atoms with Gasteiger partial charge in [-0.15, -0.1) is 0 Å². The Balaban J connectivity index is -0.000000807. The van der Waals surface area contributed by atoms with Crippen LogP contribution in [0.5, 0.6) is 0 Å². The molecule has 0 bridgehead atoms. The molecule has 0 fully saturated rings. The van der Waals surface area contributed by atoms with Crippen LogP contribution in [-0.4, -0.2) is 45.6 Å². The zero-order chi connectivity index (χ0) is 17.0. The van der Waals surface area contributed by atoms with Crippen LogP contribution in [0, 0.1) is 0 Å². The summed E-state index contributed by atoms with van der Waals surface area (Å²) in [5, 5.41) is 8.53. The predicted molar refractivity (Wildman–Crippen MR) is 112 cm³/mol. The van der Waals surface area contributed by atoms with Gasteiger partial charge >= 0.3 is 29.0 Å². The summed E-state index contributed by atoms with van der Waals surface area (Å²) in [5.74, 6) is 0.579. The third-order valence-electron chi connectivity index (χ3n) is 4.37. The van der Waals surface area contributed by atoms with Gasteiger partial charge in [-0.2, -0.15) is 11.8 Å². The van der Waals surface area contributed by atoms with Gasteiger partial charge in [0.1, 0.15) is 0 Å². The normalized spacial score (nSPS) is 10.5. The van der Waals surface area contributed by atoms with Crippen molar-refractivity contribution in [1.82, 2.24) is 0 Å². The zero-order valence-corrected chi connectivity index (χ0v) is 18.4. The van der Waals surface area contributed by atoms with Crippen LogP contribution < -0.4 is 0 Å². The standard InChI is InChI=1S/C20H40O2S.Mg.2H/c1-2-3-4-5-6-7-8-9-10-11-12-13-14-15-16-17-18-23-19-20(21)22;;;/h2-19H2,1H3,(H,21,22);;;/q;+2;2*-1. The van der Waals surface area contributed by atoms with Gasteiger partial charge in [-0.05, 0) is 12.2 Å². The van der Waals surface area contributed by atoms with E-state index in [9.17, 15) is 4.79 Å². The smallest absolute Gasteiger partial charge is 1.00 e. The number of carboxylic acids is 1. The Morgan fingerprint density at radius 1 is 0.708 bits per heavy atom. The molecule has 0 aromatic carbocycles. The zero-order valence-electron chi connectivity index (χ0n) is 18.2. The minimum absolute atomic E-state index is 0. The van der Waals surface area contributed by atoms with Gasteiger partial charge < -0.3 is 7.96 Å². The quantitative estimate of drug-likeness (QED) is 0.198. The number of rotatable bonds is 19. The van der Waals surface area contributed by atoms with Gasteiger partial charge in [0.15, 0.2) is 0 Å². The molecule has 0 saturated carbocycles. The van der Waals surface area contributed by atoms with Gasteiger partial charge in [0.05, 0.1) is 5.75 Å². The summed E-state index contributed by atoms with van der Waals surface area (Å²) in [6, 6.07) is 0. The first-order valence-electron chi connectivity index (χ1n) is 10.1. The van der Waals surface area contributed by atoms with E-state index in [0.29, 0.717) is 0 Å².